The Kier molecular flexibility index (Phi) is 5.01. The molecule has 138 valence electrons. The van der Waals surface area contributed by atoms with Crippen LogP contribution in [0.5, 0.6) is 0 Å². The molecule has 5 nitrogen and oxygen atoms in total. The van der Waals surface area contributed by atoms with E-state index in [0.717, 1.165) is 29.4 Å². The number of nitrogens with zero attached hydrogens (tertiary/aromatic N) is 2. The summed E-state index contributed by atoms with van der Waals surface area (Å²) >= 11 is 0. The molecule has 0 aliphatic heterocycles. The number of fused-ring (bicyclic) bond motifs is 1. The smallest absolute Gasteiger partial charge is 0.289 e. The van der Waals surface area contributed by atoms with Crippen molar-refractivity contribution in [2.24, 2.45) is 0 Å². The van der Waals surface area contributed by atoms with Crippen molar-refractivity contribution in [3.05, 3.63) is 59.9 Å². The van der Waals surface area contributed by atoms with Crippen LogP contribution in [0.2, 0.25) is 0 Å². The predicted octanol–water partition coefficient (Wildman–Crippen LogP) is 4.74. The molecule has 0 atom stereocenters. The van der Waals surface area contributed by atoms with Gasteiger partial charge in [-0.2, -0.15) is 0 Å². The average Bonchev–Trinajstić information content (AvgIpc) is 2.70. The van der Waals surface area contributed by atoms with E-state index in [9.17, 15) is 4.79 Å². The number of anilines is 2. The summed E-state index contributed by atoms with van der Waals surface area (Å²) in [4.78, 5) is 21.8. The number of rotatable bonds is 4. The van der Waals surface area contributed by atoms with Crippen molar-refractivity contribution in [1.29, 1.82) is 0 Å². The fraction of sp³-hybridized carbons (Fsp3) is 0.318. The van der Waals surface area contributed by atoms with Gasteiger partial charge in [-0.05, 0) is 44.0 Å². The van der Waals surface area contributed by atoms with Gasteiger partial charge in [-0.1, -0.05) is 49.1 Å². The third-order valence-electron chi connectivity index (χ3n) is 5.06. The molecular formula is C22H24N4O. The maximum absolute atomic E-state index is 12.7. The van der Waals surface area contributed by atoms with Crippen LogP contribution >= 0.6 is 0 Å². The summed E-state index contributed by atoms with van der Waals surface area (Å²) in [7, 11) is 0. The highest BCUT2D eigenvalue weighted by Crippen LogP contribution is 2.24. The Hall–Kier alpha value is -2.95. The zero-order chi connectivity index (χ0) is 18.6. The highest BCUT2D eigenvalue weighted by molar-refractivity contribution is 5.97. The molecule has 0 spiro atoms. The summed E-state index contributed by atoms with van der Waals surface area (Å²) < 4.78 is 0. The zero-order valence-corrected chi connectivity index (χ0v) is 15.5. The van der Waals surface area contributed by atoms with E-state index in [1.54, 1.807) is 0 Å². The Morgan fingerprint density at radius 1 is 0.963 bits per heavy atom. The first kappa shape index (κ1) is 17.5. The van der Waals surface area contributed by atoms with E-state index in [-0.39, 0.29) is 17.8 Å². The normalized spacial score (nSPS) is 14.9. The molecule has 1 amide bonds. The molecule has 0 radical (unpaired) electrons. The number of aromatic nitrogens is 2. The molecule has 0 saturated heterocycles. The lowest BCUT2D eigenvalue weighted by molar-refractivity contribution is 0.0917. The second-order valence-electron chi connectivity index (χ2n) is 7.21. The fourth-order valence-corrected chi connectivity index (χ4v) is 3.54. The molecule has 2 aromatic carbocycles. The summed E-state index contributed by atoms with van der Waals surface area (Å²) in [6.45, 7) is 2.05. The lowest BCUT2D eigenvalue weighted by atomic mass is 9.95. The van der Waals surface area contributed by atoms with Crippen molar-refractivity contribution in [3.8, 4) is 0 Å². The lowest BCUT2D eigenvalue weighted by Crippen LogP contribution is -2.37. The summed E-state index contributed by atoms with van der Waals surface area (Å²) in [6.07, 6.45) is 5.67. The molecular weight excluding hydrogens is 336 g/mol. The summed E-state index contributed by atoms with van der Waals surface area (Å²) in [5, 5.41) is 7.34. The second kappa shape index (κ2) is 7.74. The number of amides is 1. The number of hydrogen-bond donors (Lipinski definition) is 2. The molecule has 1 aliphatic carbocycles. The van der Waals surface area contributed by atoms with Crippen LogP contribution in [-0.4, -0.2) is 21.9 Å². The summed E-state index contributed by atoms with van der Waals surface area (Å²) in [5.41, 5.74) is 2.89. The molecule has 1 aromatic heterocycles. The van der Waals surface area contributed by atoms with E-state index in [4.69, 9.17) is 0 Å². The molecule has 0 unspecified atom stereocenters. The van der Waals surface area contributed by atoms with E-state index in [2.05, 4.69) is 27.5 Å². The molecule has 2 N–H and O–H groups in total. The van der Waals surface area contributed by atoms with Crippen LogP contribution < -0.4 is 10.6 Å². The van der Waals surface area contributed by atoms with Crippen LogP contribution in [0.25, 0.3) is 10.9 Å². The Balaban J connectivity index is 1.65. The summed E-state index contributed by atoms with van der Waals surface area (Å²) in [5.74, 6) is 0.673. The lowest BCUT2D eigenvalue weighted by Gasteiger charge is -2.22. The van der Waals surface area contributed by atoms with Crippen LogP contribution in [0.15, 0.2) is 48.5 Å². The van der Waals surface area contributed by atoms with Gasteiger partial charge in [0.05, 0.1) is 5.52 Å². The van der Waals surface area contributed by atoms with E-state index >= 15 is 0 Å². The number of carbonyl (C=O) groups excluding carboxylic acids is 1. The van der Waals surface area contributed by atoms with E-state index in [0.29, 0.717) is 5.82 Å². The molecule has 1 aliphatic rings. The minimum atomic E-state index is -0.195. The van der Waals surface area contributed by atoms with Crippen molar-refractivity contribution in [2.75, 3.05) is 5.32 Å². The van der Waals surface area contributed by atoms with Gasteiger partial charge in [0.2, 0.25) is 5.82 Å². The Bertz CT molecular complexity index is 946. The van der Waals surface area contributed by atoms with Crippen molar-refractivity contribution >= 4 is 28.3 Å². The number of para-hydroxylation sites is 1. The highest BCUT2D eigenvalue weighted by atomic mass is 16.2. The maximum atomic E-state index is 12.7. The van der Waals surface area contributed by atoms with Crippen LogP contribution in [0.1, 0.15) is 48.3 Å². The number of benzene rings is 2. The average molecular weight is 360 g/mol. The van der Waals surface area contributed by atoms with Crippen molar-refractivity contribution in [2.45, 2.75) is 45.1 Å². The minimum Gasteiger partial charge on any atom is -0.347 e. The van der Waals surface area contributed by atoms with Crippen molar-refractivity contribution < 1.29 is 4.79 Å². The maximum Gasteiger partial charge on any atom is 0.289 e. The van der Waals surface area contributed by atoms with Gasteiger partial charge in [-0.15, -0.1) is 0 Å². The van der Waals surface area contributed by atoms with Crippen molar-refractivity contribution in [3.63, 3.8) is 0 Å². The Morgan fingerprint density at radius 3 is 2.48 bits per heavy atom. The Labute approximate surface area is 159 Å². The van der Waals surface area contributed by atoms with Crippen LogP contribution in [0.3, 0.4) is 0 Å². The molecule has 1 heterocycles. The molecule has 5 heteroatoms. The van der Waals surface area contributed by atoms with Gasteiger partial charge >= 0.3 is 0 Å². The zero-order valence-electron chi connectivity index (χ0n) is 15.5. The van der Waals surface area contributed by atoms with Gasteiger partial charge < -0.3 is 10.6 Å². The van der Waals surface area contributed by atoms with E-state index in [1.165, 1.54) is 24.8 Å². The Morgan fingerprint density at radius 2 is 1.70 bits per heavy atom. The highest BCUT2D eigenvalue weighted by Gasteiger charge is 2.19. The van der Waals surface area contributed by atoms with Gasteiger partial charge in [0.1, 0.15) is 5.82 Å². The van der Waals surface area contributed by atoms with E-state index in [1.807, 2.05) is 48.5 Å². The molecule has 3 aromatic rings. The largest absolute Gasteiger partial charge is 0.347 e. The van der Waals surface area contributed by atoms with Crippen molar-refractivity contribution in [1.82, 2.24) is 15.3 Å². The van der Waals surface area contributed by atoms with Gasteiger partial charge in [0.25, 0.3) is 5.91 Å². The minimum absolute atomic E-state index is 0.195. The van der Waals surface area contributed by atoms with E-state index < -0.39 is 0 Å². The quantitative estimate of drug-likeness (QED) is 0.705. The van der Waals surface area contributed by atoms with Gasteiger partial charge in [-0.3, -0.25) is 4.79 Å². The number of aryl methyl sites for hydroxylation is 1. The van der Waals surface area contributed by atoms with Gasteiger partial charge in [-0.25, -0.2) is 9.97 Å². The standard InChI is InChI=1S/C22H24N4O/c1-15-11-13-17(14-12-15)23-20-18-9-5-6-10-19(18)25-21(26-20)22(27)24-16-7-3-2-4-8-16/h5-6,9-14,16H,2-4,7-8H2,1H3,(H,24,27)(H,23,25,26). The summed E-state index contributed by atoms with van der Waals surface area (Å²) in [6, 6.07) is 16.1. The first-order valence-electron chi connectivity index (χ1n) is 9.60. The monoisotopic (exact) mass is 360 g/mol. The molecule has 0 bridgehead atoms. The van der Waals surface area contributed by atoms with Crippen LogP contribution in [0, 0.1) is 6.92 Å². The predicted molar refractivity (Wildman–Crippen MR) is 108 cm³/mol. The SMILES string of the molecule is Cc1ccc(Nc2nc(C(=O)NC3CCCCC3)nc3ccccc23)cc1. The molecule has 27 heavy (non-hydrogen) atoms. The first-order valence-corrected chi connectivity index (χ1v) is 9.60. The number of hydrogen-bond acceptors (Lipinski definition) is 4. The molecule has 4 rings (SSSR count). The topological polar surface area (TPSA) is 66.9 Å². The second-order valence-corrected chi connectivity index (χ2v) is 7.21. The number of nitrogens with one attached hydrogen (secondary N) is 2. The molecule has 1 fully saturated rings. The fourth-order valence-electron chi connectivity index (χ4n) is 3.54. The van der Waals surface area contributed by atoms with Gasteiger partial charge in [0, 0.05) is 17.1 Å². The third kappa shape index (κ3) is 4.08. The van der Waals surface area contributed by atoms with Gasteiger partial charge in [0.15, 0.2) is 0 Å². The number of carbonyl (C=O) groups is 1. The molecule has 1 saturated carbocycles. The van der Waals surface area contributed by atoms with Crippen LogP contribution in [0.4, 0.5) is 11.5 Å². The van der Waals surface area contributed by atoms with Crippen LogP contribution in [-0.2, 0) is 0 Å². The third-order valence-corrected chi connectivity index (χ3v) is 5.06. The first-order chi connectivity index (χ1) is 13.2.